The largest absolute Gasteiger partial charge is 0.465 e. The summed E-state index contributed by atoms with van der Waals surface area (Å²) in [5, 5.41) is 23.1. The Morgan fingerprint density at radius 3 is 2.80 bits per heavy atom. The Labute approximate surface area is 173 Å². The van der Waals surface area contributed by atoms with Crippen molar-refractivity contribution in [1.82, 2.24) is 24.9 Å². The minimum Gasteiger partial charge on any atom is -0.465 e. The van der Waals surface area contributed by atoms with E-state index in [0.29, 0.717) is 29.9 Å². The Hall–Kier alpha value is -2.95. The number of carbonyl (C=O) groups is 2. The molecule has 2 amide bonds. The zero-order valence-electron chi connectivity index (χ0n) is 17.4. The van der Waals surface area contributed by atoms with Gasteiger partial charge in [0.05, 0.1) is 18.3 Å². The molecule has 0 bridgehead atoms. The second kappa shape index (κ2) is 8.82. The molecule has 2 heterocycles. The molecule has 11 heteroatoms. The van der Waals surface area contributed by atoms with E-state index in [9.17, 15) is 14.7 Å². The van der Waals surface area contributed by atoms with Crippen molar-refractivity contribution in [3.8, 4) is 0 Å². The Morgan fingerprint density at radius 2 is 2.17 bits per heavy atom. The first-order chi connectivity index (χ1) is 14.2. The highest BCUT2D eigenvalue weighted by atomic mass is 19.1. The van der Waals surface area contributed by atoms with E-state index in [1.165, 1.54) is 9.58 Å². The highest BCUT2D eigenvalue weighted by molar-refractivity contribution is 6.02. The van der Waals surface area contributed by atoms with Gasteiger partial charge in [0.25, 0.3) is 5.91 Å². The molecule has 0 spiro atoms. The van der Waals surface area contributed by atoms with Crippen molar-refractivity contribution in [2.45, 2.75) is 57.5 Å². The number of H-pyrrole nitrogens is 1. The van der Waals surface area contributed by atoms with E-state index in [0.717, 1.165) is 0 Å². The fraction of sp³-hybridized carbons (Fsp3) is 0.579. The average molecular weight is 422 g/mol. The van der Waals surface area contributed by atoms with Gasteiger partial charge in [0.15, 0.2) is 5.82 Å². The van der Waals surface area contributed by atoms with Crippen molar-refractivity contribution >= 4 is 17.8 Å². The van der Waals surface area contributed by atoms with Crippen LogP contribution in [0.25, 0.3) is 0 Å². The minimum atomic E-state index is -1.36. The van der Waals surface area contributed by atoms with Crippen LogP contribution in [0.2, 0.25) is 0 Å². The Kier molecular flexibility index (Phi) is 6.40. The number of nitrogens with one attached hydrogen (secondary N) is 2. The molecular formula is C19H27FN6O4. The summed E-state index contributed by atoms with van der Waals surface area (Å²) >= 11 is 0. The lowest BCUT2D eigenvalue weighted by Gasteiger charge is -2.31. The van der Waals surface area contributed by atoms with E-state index in [2.05, 4.69) is 20.6 Å². The van der Waals surface area contributed by atoms with Crippen molar-refractivity contribution in [2.75, 3.05) is 12.4 Å². The number of aromatic amines is 1. The van der Waals surface area contributed by atoms with Crippen LogP contribution in [0.4, 0.5) is 15.0 Å². The Bertz CT molecular complexity index is 911. The van der Waals surface area contributed by atoms with E-state index < -0.39 is 30.1 Å². The highest BCUT2D eigenvalue weighted by Gasteiger charge is 2.43. The Morgan fingerprint density at radius 1 is 1.43 bits per heavy atom. The number of carboxylic acid groups (broad SMARTS) is 1. The van der Waals surface area contributed by atoms with Gasteiger partial charge in [0.2, 0.25) is 0 Å². The number of aryl methyl sites for hydroxylation is 1. The van der Waals surface area contributed by atoms with Gasteiger partial charge < -0.3 is 20.1 Å². The number of alkyl halides is 1. The van der Waals surface area contributed by atoms with Gasteiger partial charge in [-0.3, -0.25) is 14.6 Å². The molecule has 3 rings (SSSR count). The minimum absolute atomic E-state index is 0.263. The second-order valence-electron chi connectivity index (χ2n) is 7.72. The summed E-state index contributed by atoms with van der Waals surface area (Å²) in [5.74, 6) is -0.652. The van der Waals surface area contributed by atoms with Gasteiger partial charge in [-0.05, 0) is 32.8 Å². The molecule has 0 radical (unpaired) electrons. The second-order valence-corrected chi connectivity index (χ2v) is 7.72. The fourth-order valence-corrected chi connectivity index (χ4v) is 4.03. The lowest BCUT2D eigenvalue weighted by atomic mass is 10.0. The first-order valence-electron chi connectivity index (χ1n) is 9.76. The van der Waals surface area contributed by atoms with E-state index in [4.69, 9.17) is 4.74 Å². The van der Waals surface area contributed by atoms with Gasteiger partial charge in [-0.2, -0.15) is 10.2 Å². The van der Waals surface area contributed by atoms with Crippen molar-refractivity contribution in [1.29, 1.82) is 0 Å². The lowest BCUT2D eigenvalue weighted by molar-refractivity contribution is 0.0801. The maximum atomic E-state index is 15.1. The number of methoxy groups -OCH3 is 1. The number of carbonyl (C=O) groups excluding carboxylic acids is 1. The van der Waals surface area contributed by atoms with E-state index in [-0.39, 0.29) is 18.5 Å². The van der Waals surface area contributed by atoms with Crippen molar-refractivity contribution in [3.05, 3.63) is 29.2 Å². The molecule has 1 aliphatic rings. The highest BCUT2D eigenvalue weighted by Crippen LogP contribution is 2.39. The molecule has 1 fully saturated rings. The topological polar surface area (TPSA) is 125 Å². The monoisotopic (exact) mass is 422 g/mol. The molecular weight excluding hydrogens is 395 g/mol. The molecule has 30 heavy (non-hydrogen) atoms. The van der Waals surface area contributed by atoms with Gasteiger partial charge in [-0.1, -0.05) is 0 Å². The fourth-order valence-electron chi connectivity index (χ4n) is 4.03. The standard InChI is InChI=1S/C19H27FN6O4/c1-10(2)26(19(28)29)14-6-5-12(17(14)20)13-8-16(23-22-13)21-18(27)15-7-11(9-30-4)24-25(15)3/h7-8,10,12,14,17H,5-6,9H2,1-4H3,(H,28,29)(H2,21,22,23,27)/t12-,14-,17-/m0/s1. The van der Waals surface area contributed by atoms with Crippen molar-refractivity contribution in [3.63, 3.8) is 0 Å². The van der Waals surface area contributed by atoms with Crippen LogP contribution in [0, 0.1) is 0 Å². The predicted molar refractivity (Wildman–Crippen MR) is 106 cm³/mol. The first-order valence-corrected chi connectivity index (χ1v) is 9.76. The number of ether oxygens (including phenoxy) is 1. The van der Waals surface area contributed by atoms with Crippen LogP contribution in [0.1, 0.15) is 54.5 Å². The number of rotatable bonds is 7. The summed E-state index contributed by atoms with van der Waals surface area (Å²) in [5.41, 5.74) is 1.49. The molecule has 1 saturated carbocycles. The molecule has 0 unspecified atom stereocenters. The van der Waals surface area contributed by atoms with Gasteiger partial charge in [-0.15, -0.1) is 0 Å². The molecule has 0 aromatic carbocycles. The maximum absolute atomic E-state index is 15.1. The number of hydrogen-bond acceptors (Lipinski definition) is 5. The van der Waals surface area contributed by atoms with Crippen LogP contribution in [0.15, 0.2) is 12.1 Å². The zero-order chi connectivity index (χ0) is 22.0. The molecule has 0 saturated heterocycles. The smallest absolute Gasteiger partial charge is 0.407 e. The number of hydrogen-bond donors (Lipinski definition) is 3. The predicted octanol–water partition coefficient (Wildman–Crippen LogP) is 2.51. The summed E-state index contributed by atoms with van der Waals surface area (Å²) < 4.78 is 21.6. The molecule has 3 atom stereocenters. The summed E-state index contributed by atoms with van der Waals surface area (Å²) in [6.07, 6.45) is -1.57. The van der Waals surface area contributed by atoms with Crippen LogP contribution in [0.5, 0.6) is 0 Å². The molecule has 0 aliphatic heterocycles. The molecule has 2 aromatic rings. The average Bonchev–Trinajstić information content (AvgIpc) is 3.35. The first kappa shape index (κ1) is 21.8. The van der Waals surface area contributed by atoms with Crippen LogP contribution >= 0.6 is 0 Å². The Balaban J connectivity index is 1.69. The maximum Gasteiger partial charge on any atom is 0.407 e. The van der Waals surface area contributed by atoms with E-state index >= 15 is 4.39 Å². The van der Waals surface area contributed by atoms with E-state index in [1.807, 2.05) is 0 Å². The third-order valence-corrected chi connectivity index (χ3v) is 5.35. The number of amides is 2. The van der Waals surface area contributed by atoms with Gasteiger partial charge >= 0.3 is 6.09 Å². The van der Waals surface area contributed by atoms with Crippen LogP contribution in [-0.4, -0.2) is 67.3 Å². The number of anilines is 1. The van der Waals surface area contributed by atoms with Gasteiger partial charge in [0, 0.05) is 37.9 Å². The van der Waals surface area contributed by atoms with Crippen molar-refractivity contribution < 1.29 is 23.8 Å². The van der Waals surface area contributed by atoms with Gasteiger partial charge in [0.1, 0.15) is 11.9 Å². The number of nitrogens with zero attached hydrogens (tertiary/aromatic N) is 4. The normalized spacial score (nSPS) is 21.2. The van der Waals surface area contributed by atoms with Gasteiger partial charge in [-0.25, -0.2) is 9.18 Å². The molecule has 1 aliphatic carbocycles. The number of halogens is 1. The van der Waals surface area contributed by atoms with E-state index in [1.54, 1.807) is 40.1 Å². The lowest BCUT2D eigenvalue weighted by Crippen LogP contribution is -2.47. The quantitative estimate of drug-likeness (QED) is 0.630. The third kappa shape index (κ3) is 4.30. The summed E-state index contributed by atoms with van der Waals surface area (Å²) in [7, 11) is 3.20. The van der Waals surface area contributed by atoms with Crippen LogP contribution in [0.3, 0.4) is 0 Å². The molecule has 3 N–H and O–H groups in total. The summed E-state index contributed by atoms with van der Waals surface area (Å²) in [6, 6.07) is 2.19. The summed E-state index contributed by atoms with van der Waals surface area (Å²) in [6.45, 7) is 3.75. The summed E-state index contributed by atoms with van der Waals surface area (Å²) in [4.78, 5) is 25.2. The van der Waals surface area contributed by atoms with Crippen molar-refractivity contribution in [2.24, 2.45) is 7.05 Å². The third-order valence-electron chi connectivity index (χ3n) is 5.35. The molecule has 2 aromatic heterocycles. The van der Waals surface area contributed by atoms with Crippen LogP contribution in [-0.2, 0) is 18.4 Å². The zero-order valence-corrected chi connectivity index (χ0v) is 17.4. The molecule has 164 valence electrons. The SMILES string of the molecule is COCc1cc(C(=O)Nc2cc([C@@H]3CC[C@H](N(C(=O)O)C(C)C)[C@H]3F)[nH]n2)n(C)n1. The molecule has 10 nitrogen and oxygen atoms in total. The van der Waals surface area contributed by atoms with Crippen LogP contribution < -0.4 is 5.32 Å². The number of aromatic nitrogens is 4.